The average molecular weight is 354 g/mol. The fraction of sp³-hybridized carbons (Fsp3) is 0.571. The quantitative estimate of drug-likeness (QED) is 0.636. The monoisotopic (exact) mass is 354 g/mol. The van der Waals surface area contributed by atoms with E-state index in [0.717, 1.165) is 34.3 Å². The van der Waals surface area contributed by atoms with Gasteiger partial charge in [-0.1, -0.05) is 31.0 Å². The number of carbonyl (C=O) groups is 3. The highest BCUT2D eigenvalue weighted by atomic mass is 32.2. The molecule has 3 rings (SSSR count). The number of thioether (sulfide) groups is 1. The molecule has 1 saturated carbocycles. The van der Waals surface area contributed by atoms with Gasteiger partial charge in [0.2, 0.25) is 5.91 Å². The zero-order chi connectivity index (χ0) is 16.4. The number of carbonyl (C=O) groups excluding carboxylic acids is 3. The lowest BCUT2D eigenvalue weighted by Gasteiger charge is -2.30. The van der Waals surface area contributed by atoms with Crippen LogP contribution >= 0.6 is 23.1 Å². The summed E-state index contributed by atoms with van der Waals surface area (Å²) in [6.07, 6.45) is 4.16. The van der Waals surface area contributed by atoms with Gasteiger partial charge in [-0.15, -0.1) is 11.3 Å². The topological polar surface area (TPSA) is 91.4 Å². The molecule has 1 aliphatic heterocycles. The number of imide groups is 1. The van der Waals surface area contributed by atoms with Crippen molar-refractivity contribution in [1.29, 1.82) is 0 Å². The van der Waals surface area contributed by atoms with E-state index in [1.54, 1.807) is 0 Å². The van der Waals surface area contributed by atoms with Gasteiger partial charge in [0.25, 0.3) is 5.91 Å². The van der Waals surface area contributed by atoms with Crippen molar-refractivity contribution >= 4 is 40.9 Å². The lowest BCUT2D eigenvalue weighted by molar-refractivity contribution is -0.139. The summed E-state index contributed by atoms with van der Waals surface area (Å²) in [6, 6.07) is -0.541. The van der Waals surface area contributed by atoms with Crippen LogP contribution in [0.25, 0.3) is 0 Å². The van der Waals surface area contributed by atoms with Crippen LogP contribution in [0.3, 0.4) is 0 Å². The third kappa shape index (κ3) is 3.35. The van der Waals surface area contributed by atoms with E-state index in [1.165, 1.54) is 23.1 Å². The van der Waals surface area contributed by atoms with Crippen LogP contribution in [0, 0.1) is 6.92 Å². The second kappa shape index (κ2) is 6.48. The lowest BCUT2D eigenvalue weighted by atomic mass is 9.82. The molecule has 0 aromatic carbocycles. The minimum Gasteiger partial charge on any atom is -0.322 e. The first-order valence-electron chi connectivity index (χ1n) is 7.51. The largest absolute Gasteiger partial charge is 0.344 e. The first-order valence-corrected chi connectivity index (χ1v) is 9.38. The van der Waals surface area contributed by atoms with Gasteiger partial charge in [-0.05, 0) is 19.8 Å². The summed E-state index contributed by atoms with van der Waals surface area (Å²) >= 11 is 2.75. The van der Waals surface area contributed by atoms with Gasteiger partial charge < -0.3 is 5.32 Å². The van der Waals surface area contributed by atoms with E-state index in [-0.39, 0.29) is 17.6 Å². The smallest absolute Gasteiger partial charge is 0.322 e. The highest BCUT2D eigenvalue weighted by Crippen LogP contribution is 2.33. The molecular weight excluding hydrogens is 336 g/mol. The molecule has 0 radical (unpaired) electrons. The minimum atomic E-state index is -0.817. The van der Waals surface area contributed by atoms with Crippen LogP contribution in [0.1, 0.15) is 37.8 Å². The van der Waals surface area contributed by atoms with Gasteiger partial charge in [-0.25, -0.2) is 9.78 Å². The molecular formula is C14H18N4O3S2. The Morgan fingerprint density at radius 1 is 1.43 bits per heavy atom. The Morgan fingerprint density at radius 2 is 2.17 bits per heavy atom. The number of thiazole rings is 1. The fourth-order valence-electron chi connectivity index (χ4n) is 2.90. The third-order valence-electron chi connectivity index (χ3n) is 4.03. The molecule has 1 aliphatic carbocycles. The summed E-state index contributed by atoms with van der Waals surface area (Å²) < 4.78 is 0.790. The van der Waals surface area contributed by atoms with Crippen molar-refractivity contribution in [2.45, 2.75) is 48.9 Å². The van der Waals surface area contributed by atoms with E-state index in [9.17, 15) is 14.4 Å². The first kappa shape index (κ1) is 16.3. The summed E-state index contributed by atoms with van der Waals surface area (Å²) in [5.41, 5.74) is 2.51. The summed E-state index contributed by atoms with van der Waals surface area (Å²) in [7, 11) is 0. The lowest BCUT2D eigenvalue weighted by Crippen LogP contribution is -2.51. The molecule has 124 valence electrons. The van der Waals surface area contributed by atoms with Crippen LogP contribution < -0.4 is 10.7 Å². The molecule has 1 saturated heterocycles. The van der Waals surface area contributed by atoms with Gasteiger partial charge >= 0.3 is 6.03 Å². The maximum atomic E-state index is 12.5. The van der Waals surface area contributed by atoms with Gasteiger partial charge in [-0.3, -0.25) is 15.0 Å². The van der Waals surface area contributed by atoms with Crippen LogP contribution in [-0.2, 0) is 9.59 Å². The average Bonchev–Trinajstić information content (AvgIpc) is 3.04. The molecule has 2 aliphatic rings. The van der Waals surface area contributed by atoms with Gasteiger partial charge in [0.1, 0.15) is 5.54 Å². The number of hydrogen-bond donors (Lipinski definition) is 2. The van der Waals surface area contributed by atoms with E-state index >= 15 is 0 Å². The number of amides is 4. The van der Waals surface area contributed by atoms with Gasteiger partial charge in [0.05, 0.1) is 5.75 Å². The maximum absolute atomic E-state index is 12.5. The second-order valence-electron chi connectivity index (χ2n) is 5.79. The molecule has 7 nitrogen and oxygen atoms in total. The Bertz CT molecular complexity index is 640. The molecule has 0 bridgehead atoms. The Morgan fingerprint density at radius 3 is 2.83 bits per heavy atom. The Balaban J connectivity index is 1.57. The number of aryl methyl sites for hydroxylation is 1. The predicted octanol–water partition coefficient (Wildman–Crippen LogP) is 1.83. The van der Waals surface area contributed by atoms with Crippen LogP contribution in [0.15, 0.2) is 9.72 Å². The number of hydrazine groups is 1. The SMILES string of the molecule is Cc1csc(SCC(=O)NN2C(=O)NC3(CCCCC3)C2=O)n1. The van der Waals surface area contributed by atoms with Crippen molar-refractivity contribution in [2.75, 3.05) is 5.75 Å². The summed E-state index contributed by atoms with van der Waals surface area (Å²) in [4.78, 5) is 40.8. The third-order valence-corrected chi connectivity index (χ3v) is 6.17. The molecule has 2 fully saturated rings. The highest BCUT2D eigenvalue weighted by molar-refractivity contribution is 8.01. The van der Waals surface area contributed by atoms with E-state index in [2.05, 4.69) is 15.7 Å². The van der Waals surface area contributed by atoms with E-state index in [4.69, 9.17) is 0 Å². The van der Waals surface area contributed by atoms with Gasteiger partial charge in [0, 0.05) is 11.1 Å². The Labute approximate surface area is 142 Å². The van der Waals surface area contributed by atoms with Crippen LogP contribution in [0.2, 0.25) is 0 Å². The Kier molecular flexibility index (Phi) is 4.58. The van der Waals surface area contributed by atoms with Crippen molar-refractivity contribution in [3.8, 4) is 0 Å². The minimum absolute atomic E-state index is 0.108. The van der Waals surface area contributed by atoms with E-state index in [0.29, 0.717) is 12.8 Å². The predicted molar refractivity (Wildman–Crippen MR) is 86.9 cm³/mol. The molecule has 1 aromatic rings. The van der Waals surface area contributed by atoms with Crippen molar-refractivity contribution in [3.05, 3.63) is 11.1 Å². The number of aromatic nitrogens is 1. The molecule has 2 N–H and O–H groups in total. The molecule has 4 amide bonds. The fourth-order valence-corrected chi connectivity index (χ4v) is 4.54. The van der Waals surface area contributed by atoms with Crippen molar-refractivity contribution in [1.82, 2.24) is 20.7 Å². The first-order chi connectivity index (χ1) is 11.0. The number of nitrogens with zero attached hydrogens (tertiary/aromatic N) is 2. The second-order valence-corrected chi connectivity index (χ2v) is 7.87. The number of urea groups is 1. The van der Waals surface area contributed by atoms with Crippen LogP contribution in [-0.4, -0.2) is 39.1 Å². The van der Waals surface area contributed by atoms with Crippen LogP contribution in [0.4, 0.5) is 4.79 Å². The normalized spacial score (nSPS) is 20.0. The Hall–Kier alpha value is -1.61. The van der Waals surface area contributed by atoms with Crippen molar-refractivity contribution in [2.24, 2.45) is 0 Å². The molecule has 9 heteroatoms. The van der Waals surface area contributed by atoms with E-state index in [1.807, 2.05) is 12.3 Å². The van der Waals surface area contributed by atoms with Crippen molar-refractivity contribution in [3.63, 3.8) is 0 Å². The molecule has 23 heavy (non-hydrogen) atoms. The molecule has 0 atom stereocenters. The summed E-state index contributed by atoms with van der Waals surface area (Å²) in [5.74, 6) is -0.623. The number of nitrogens with one attached hydrogen (secondary N) is 2. The zero-order valence-electron chi connectivity index (χ0n) is 12.8. The van der Waals surface area contributed by atoms with Gasteiger partial charge in [0.15, 0.2) is 4.34 Å². The summed E-state index contributed by atoms with van der Waals surface area (Å²) in [6.45, 7) is 1.89. The molecule has 1 aromatic heterocycles. The number of rotatable bonds is 4. The maximum Gasteiger partial charge on any atom is 0.344 e. The highest BCUT2D eigenvalue weighted by Gasteiger charge is 2.52. The molecule has 0 unspecified atom stereocenters. The number of hydrogen-bond acceptors (Lipinski definition) is 6. The zero-order valence-corrected chi connectivity index (χ0v) is 14.4. The van der Waals surface area contributed by atoms with E-state index < -0.39 is 11.6 Å². The standard InChI is InChI=1S/C14H18N4O3S2/c1-9-7-22-13(15-9)23-8-10(19)17-18-11(20)14(16-12(18)21)5-3-2-4-6-14/h7H,2-6,8H2,1H3,(H,16,21)(H,17,19). The van der Waals surface area contributed by atoms with Crippen LogP contribution in [0.5, 0.6) is 0 Å². The van der Waals surface area contributed by atoms with Gasteiger partial charge in [-0.2, -0.15) is 5.01 Å². The van der Waals surface area contributed by atoms with Crippen molar-refractivity contribution < 1.29 is 14.4 Å². The summed E-state index contributed by atoms with van der Waals surface area (Å²) in [5, 5.41) is 5.50. The molecule has 1 spiro atoms. The molecule has 2 heterocycles.